The van der Waals surface area contributed by atoms with Crippen molar-refractivity contribution in [1.82, 2.24) is 14.9 Å². The molecule has 2 aromatic carbocycles. The third-order valence-electron chi connectivity index (χ3n) is 7.55. The number of halogens is 3. The number of carbonyl (C=O) groups excluding carboxylic acids is 3. The summed E-state index contributed by atoms with van der Waals surface area (Å²) in [6.07, 6.45) is -1.33. The van der Waals surface area contributed by atoms with Crippen molar-refractivity contribution in [2.45, 2.75) is 50.5 Å². The van der Waals surface area contributed by atoms with Crippen LogP contribution < -0.4 is 15.8 Å². The number of hydrogen-bond acceptors (Lipinski definition) is 8. The fraction of sp³-hybridized carbons (Fsp3) is 0.250. The Bertz CT molecular complexity index is 1950. The van der Waals surface area contributed by atoms with Crippen LogP contribution in [-0.4, -0.2) is 33.7 Å². The van der Waals surface area contributed by atoms with E-state index in [4.69, 9.17) is 9.47 Å². The van der Waals surface area contributed by atoms with Gasteiger partial charge in [0, 0.05) is 11.3 Å². The zero-order valence-corrected chi connectivity index (χ0v) is 25.1. The number of ether oxygens (including phenoxy) is 2. The lowest BCUT2D eigenvalue weighted by atomic mass is 10.0. The number of nitrogens with one attached hydrogen (secondary N) is 1. The first-order chi connectivity index (χ1) is 22.9. The van der Waals surface area contributed by atoms with Crippen LogP contribution in [0.1, 0.15) is 42.1 Å². The van der Waals surface area contributed by atoms with Gasteiger partial charge in [0.05, 0.1) is 29.9 Å². The number of allylic oxidation sites excluding steroid dienone is 2. The van der Waals surface area contributed by atoms with Gasteiger partial charge >= 0.3 is 18.4 Å². The molecule has 1 unspecified atom stereocenters. The minimum Gasteiger partial charge on any atom is -0.444 e. The fourth-order valence-corrected chi connectivity index (χ4v) is 5.23. The van der Waals surface area contributed by atoms with E-state index in [2.05, 4.69) is 20.3 Å². The first-order valence-corrected chi connectivity index (χ1v) is 14.3. The molecule has 16 heteroatoms. The molecule has 1 aromatic heterocycles. The predicted molar refractivity (Wildman–Crippen MR) is 164 cm³/mol. The lowest BCUT2D eigenvalue weighted by Crippen LogP contribution is -2.40. The third kappa shape index (κ3) is 7.15. The van der Waals surface area contributed by atoms with Crippen LogP contribution >= 0.6 is 0 Å². The average Bonchev–Trinajstić information content (AvgIpc) is 3.34. The van der Waals surface area contributed by atoms with Gasteiger partial charge in [0.25, 0.3) is 5.56 Å². The maximum atomic E-state index is 14.1. The first kappa shape index (κ1) is 33.3. The van der Waals surface area contributed by atoms with Crippen LogP contribution in [0.3, 0.4) is 0 Å². The molecular formula is C32H26F3N7O6. The van der Waals surface area contributed by atoms with Gasteiger partial charge in [0.1, 0.15) is 29.6 Å². The second-order valence-electron chi connectivity index (χ2n) is 10.9. The molecule has 1 aliphatic heterocycles. The summed E-state index contributed by atoms with van der Waals surface area (Å²) in [5, 5.41) is 6.25. The standard InChI is InChI=1S/C32H26F3N7O6/c1-31(39-40-36)15-26(48-29(45)38-24-13-6-5-11-22(24)18-43)42-27(44)25(16-37-28(31)42)41(30(46)47-19-20-8-3-2-4-9-20)17-21-10-7-12-23(14-21)32(33,34)35/h2-14,16,24,26H,15,17,19H2,1H3,(H,38,45)/t24?,26-,31+/m0/s1. The minimum absolute atomic E-state index is 0.0195. The Kier molecular flexibility index (Phi) is 9.50. The quantitative estimate of drug-likeness (QED) is 0.133. The summed E-state index contributed by atoms with van der Waals surface area (Å²) < 4.78 is 52.4. The van der Waals surface area contributed by atoms with Crippen LogP contribution in [0.5, 0.6) is 0 Å². The molecule has 13 nitrogen and oxygen atoms in total. The molecule has 3 atom stereocenters. The molecule has 1 aliphatic carbocycles. The largest absolute Gasteiger partial charge is 0.444 e. The van der Waals surface area contributed by atoms with Crippen molar-refractivity contribution >= 4 is 23.8 Å². The van der Waals surface area contributed by atoms with Gasteiger partial charge in [0.15, 0.2) is 6.23 Å². The summed E-state index contributed by atoms with van der Waals surface area (Å²) in [6.45, 7) is 0.708. The van der Waals surface area contributed by atoms with Gasteiger partial charge in [0.2, 0.25) is 0 Å². The number of anilines is 1. The van der Waals surface area contributed by atoms with Crippen molar-refractivity contribution in [3.63, 3.8) is 0 Å². The Hall–Kier alpha value is -6.11. The Balaban J connectivity index is 1.52. The second-order valence-corrected chi connectivity index (χ2v) is 10.9. The number of azide groups is 1. The Morgan fingerprint density at radius 2 is 1.94 bits per heavy atom. The summed E-state index contributed by atoms with van der Waals surface area (Å²) in [4.78, 5) is 59.9. The molecule has 0 radical (unpaired) electrons. The zero-order chi connectivity index (χ0) is 34.5. The van der Waals surface area contributed by atoms with Gasteiger partial charge in [-0.1, -0.05) is 65.8 Å². The molecule has 0 spiro atoms. The van der Waals surface area contributed by atoms with E-state index in [0.717, 1.165) is 33.9 Å². The summed E-state index contributed by atoms with van der Waals surface area (Å²) in [7, 11) is 0. The highest BCUT2D eigenvalue weighted by Crippen LogP contribution is 2.41. The summed E-state index contributed by atoms with van der Waals surface area (Å²) in [5.74, 6) is 1.62. The van der Waals surface area contributed by atoms with E-state index in [-0.39, 0.29) is 30.0 Å². The summed E-state index contributed by atoms with van der Waals surface area (Å²) >= 11 is 0. The third-order valence-corrected chi connectivity index (χ3v) is 7.55. The van der Waals surface area contributed by atoms with Crippen LogP contribution in [0.15, 0.2) is 101 Å². The SMILES string of the molecule is C[C@@]1(N=[N+]=[N-])C[C@H](OC(=O)NC2C=CC=CC2=C=O)n2c1ncc(N(Cc1cccc(C(F)(F)F)c1)C(=O)OCc1ccccc1)c2=O. The first-order valence-electron chi connectivity index (χ1n) is 14.3. The minimum atomic E-state index is -4.67. The number of aromatic nitrogens is 2. The van der Waals surface area contributed by atoms with E-state index in [9.17, 15) is 37.9 Å². The zero-order valence-electron chi connectivity index (χ0n) is 25.1. The number of nitrogens with zero attached hydrogens (tertiary/aromatic N) is 6. The van der Waals surface area contributed by atoms with Crippen LogP contribution in [0.25, 0.3) is 10.4 Å². The summed E-state index contributed by atoms with van der Waals surface area (Å²) in [5.41, 5.74) is 6.18. The lowest BCUT2D eigenvalue weighted by Gasteiger charge is -2.24. The highest BCUT2D eigenvalue weighted by atomic mass is 19.4. The number of hydrogen-bond donors (Lipinski definition) is 1. The number of fused-ring (bicyclic) bond motifs is 1. The van der Waals surface area contributed by atoms with Crippen LogP contribution in [0.2, 0.25) is 0 Å². The Morgan fingerprint density at radius 1 is 1.19 bits per heavy atom. The Morgan fingerprint density at radius 3 is 2.65 bits per heavy atom. The van der Waals surface area contributed by atoms with Gasteiger partial charge in [-0.15, -0.1) is 0 Å². The van der Waals surface area contributed by atoms with Gasteiger partial charge in [-0.3, -0.25) is 14.3 Å². The highest BCUT2D eigenvalue weighted by Gasteiger charge is 2.45. The van der Waals surface area contributed by atoms with Crippen LogP contribution in [0, 0.1) is 0 Å². The number of alkyl halides is 3. The maximum Gasteiger partial charge on any atom is 0.416 e. The second kappa shape index (κ2) is 13.7. The topological polar surface area (TPSA) is 169 Å². The molecule has 48 heavy (non-hydrogen) atoms. The predicted octanol–water partition coefficient (Wildman–Crippen LogP) is 6.01. The molecule has 0 saturated carbocycles. The smallest absolute Gasteiger partial charge is 0.416 e. The molecule has 1 N–H and O–H groups in total. The molecule has 3 aromatic rings. The molecule has 2 heterocycles. The van der Waals surface area contributed by atoms with Gasteiger partial charge < -0.3 is 14.8 Å². The van der Waals surface area contributed by atoms with Crippen molar-refractivity contribution < 1.29 is 37.0 Å². The van der Waals surface area contributed by atoms with Crippen molar-refractivity contribution in [3.8, 4) is 0 Å². The molecule has 2 amide bonds. The molecule has 5 rings (SSSR count). The summed E-state index contributed by atoms with van der Waals surface area (Å²) in [6, 6.07) is 11.9. The number of benzene rings is 2. The van der Waals surface area contributed by atoms with Crippen molar-refractivity contribution in [2.75, 3.05) is 4.90 Å². The van der Waals surface area contributed by atoms with E-state index in [1.165, 1.54) is 25.1 Å². The molecule has 246 valence electrons. The van der Waals surface area contributed by atoms with Crippen molar-refractivity contribution in [1.29, 1.82) is 0 Å². The van der Waals surface area contributed by atoms with Crippen molar-refractivity contribution in [3.05, 3.63) is 134 Å². The molecular weight excluding hydrogens is 635 g/mol. The van der Waals surface area contributed by atoms with Gasteiger partial charge in [-0.2, -0.15) is 13.2 Å². The van der Waals surface area contributed by atoms with Gasteiger partial charge in [-0.25, -0.2) is 19.4 Å². The number of rotatable bonds is 8. The maximum absolute atomic E-state index is 14.1. The van der Waals surface area contributed by atoms with Crippen LogP contribution in [-0.2, 0) is 39.1 Å². The normalized spacial score (nSPS) is 19.5. The number of amides is 2. The van der Waals surface area contributed by atoms with E-state index in [1.54, 1.807) is 48.4 Å². The van der Waals surface area contributed by atoms with E-state index < -0.39 is 59.5 Å². The lowest BCUT2D eigenvalue weighted by molar-refractivity contribution is -0.137. The van der Waals surface area contributed by atoms with E-state index in [1.807, 2.05) is 0 Å². The molecule has 0 saturated heterocycles. The van der Waals surface area contributed by atoms with E-state index >= 15 is 0 Å². The van der Waals surface area contributed by atoms with Crippen molar-refractivity contribution in [2.24, 2.45) is 5.11 Å². The number of carbonyl (C=O) groups is 2. The van der Waals surface area contributed by atoms with Crippen LogP contribution in [0.4, 0.5) is 28.4 Å². The highest BCUT2D eigenvalue weighted by molar-refractivity contribution is 5.87. The molecule has 0 bridgehead atoms. The fourth-order valence-electron chi connectivity index (χ4n) is 5.23. The van der Waals surface area contributed by atoms with Gasteiger partial charge in [-0.05, 0) is 41.8 Å². The monoisotopic (exact) mass is 661 g/mol. The molecule has 2 aliphatic rings. The van der Waals surface area contributed by atoms with E-state index in [0.29, 0.717) is 5.56 Å². The Labute approximate surface area is 270 Å². The average molecular weight is 662 g/mol. The molecule has 0 fully saturated rings. The number of alkyl carbamates (subject to hydrolysis) is 1.